The molecule has 4 nitrogen and oxygen atoms in total. The second kappa shape index (κ2) is 5.31. The number of para-hydroxylation sites is 1. The number of hydrogen-bond donors (Lipinski definition) is 0. The van der Waals surface area contributed by atoms with Crippen LogP contribution in [-0.4, -0.2) is 7.11 Å². The van der Waals surface area contributed by atoms with Gasteiger partial charge in [0.15, 0.2) is 11.4 Å². The highest BCUT2D eigenvalue weighted by molar-refractivity contribution is 5.53. The molecule has 0 aliphatic heterocycles. The van der Waals surface area contributed by atoms with Gasteiger partial charge in [-0.15, -0.1) is 4.91 Å². The molecule has 18 heavy (non-hydrogen) atoms. The minimum atomic E-state index is 0.276. The minimum absolute atomic E-state index is 0.276. The SMILES string of the molecule is COc1cc(C)cc(Oc2ccccc2N=O)c1. The maximum absolute atomic E-state index is 10.7. The predicted octanol–water partition coefficient (Wildman–Crippen LogP) is 4.19. The number of benzene rings is 2. The van der Waals surface area contributed by atoms with Crippen LogP contribution < -0.4 is 9.47 Å². The summed E-state index contributed by atoms with van der Waals surface area (Å²) < 4.78 is 10.8. The smallest absolute Gasteiger partial charge is 0.156 e. The molecule has 0 radical (unpaired) electrons. The zero-order valence-electron chi connectivity index (χ0n) is 10.2. The van der Waals surface area contributed by atoms with Gasteiger partial charge in [0.25, 0.3) is 0 Å². The van der Waals surface area contributed by atoms with Gasteiger partial charge < -0.3 is 9.47 Å². The van der Waals surface area contributed by atoms with Crippen LogP contribution in [0.2, 0.25) is 0 Å². The van der Waals surface area contributed by atoms with Crippen LogP contribution in [0.5, 0.6) is 17.2 Å². The lowest BCUT2D eigenvalue weighted by molar-refractivity contribution is 0.408. The van der Waals surface area contributed by atoms with Crippen molar-refractivity contribution in [1.29, 1.82) is 0 Å². The molecule has 92 valence electrons. The molecule has 0 amide bonds. The van der Waals surface area contributed by atoms with Gasteiger partial charge in [0.05, 0.1) is 7.11 Å². The van der Waals surface area contributed by atoms with Crippen LogP contribution in [0.3, 0.4) is 0 Å². The maximum Gasteiger partial charge on any atom is 0.156 e. The molecule has 0 spiro atoms. The first-order valence-electron chi connectivity index (χ1n) is 5.49. The van der Waals surface area contributed by atoms with Crippen molar-refractivity contribution in [1.82, 2.24) is 0 Å². The highest BCUT2D eigenvalue weighted by Gasteiger charge is 2.06. The van der Waals surface area contributed by atoms with Gasteiger partial charge in [-0.3, -0.25) is 0 Å². The molecule has 0 fully saturated rings. The summed E-state index contributed by atoms with van der Waals surface area (Å²) in [5.74, 6) is 1.75. The standard InChI is InChI=1S/C14H13NO3/c1-10-7-11(17-2)9-12(8-10)18-14-6-4-3-5-13(14)15-16/h3-9H,1-2H3. The zero-order valence-corrected chi connectivity index (χ0v) is 10.2. The molecule has 0 saturated carbocycles. The Morgan fingerprint density at radius 1 is 1.06 bits per heavy atom. The van der Waals surface area contributed by atoms with Gasteiger partial charge in [0.1, 0.15) is 11.5 Å². The van der Waals surface area contributed by atoms with Gasteiger partial charge in [-0.25, -0.2) is 0 Å². The van der Waals surface area contributed by atoms with E-state index in [1.54, 1.807) is 37.4 Å². The molecule has 0 aliphatic carbocycles. The van der Waals surface area contributed by atoms with Crippen LogP contribution in [-0.2, 0) is 0 Å². The van der Waals surface area contributed by atoms with Crippen molar-refractivity contribution in [3.63, 3.8) is 0 Å². The number of nitroso groups, excluding NO2 is 1. The molecular weight excluding hydrogens is 230 g/mol. The third-order valence-electron chi connectivity index (χ3n) is 2.45. The summed E-state index contributed by atoms with van der Waals surface area (Å²) in [7, 11) is 1.60. The van der Waals surface area contributed by atoms with Crippen LogP contribution >= 0.6 is 0 Å². The number of hydrogen-bond acceptors (Lipinski definition) is 4. The molecular formula is C14H13NO3. The predicted molar refractivity (Wildman–Crippen MR) is 69.7 cm³/mol. The van der Waals surface area contributed by atoms with E-state index in [1.165, 1.54) is 0 Å². The summed E-state index contributed by atoms with van der Waals surface area (Å²) in [6.07, 6.45) is 0. The Hall–Kier alpha value is -2.36. The maximum atomic E-state index is 10.7. The van der Waals surface area contributed by atoms with E-state index in [2.05, 4.69) is 5.18 Å². The molecule has 0 heterocycles. The number of rotatable bonds is 4. The molecule has 4 heteroatoms. The highest BCUT2D eigenvalue weighted by Crippen LogP contribution is 2.33. The fraction of sp³-hybridized carbons (Fsp3) is 0.143. The number of ether oxygens (including phenoxy) is 2. The molecule has 0 aromatic heterocycles. The van der Waals surface area contributed by atoms with Crippen LogP contribution in [0.1, 0.15) is 5.56 Å². The van der Waals surface area contributed by atoms with E-state index in [-0.39, 0.29) is 5.69 Å². The Bertz CT molecular complexity index is 567. The second-order valence-electron chi connectivity index (χ2n) is 3.85. The first-order valence-corrected chi connectivity index (χ1v) is 5.49. The van der Waals surface area contributed by atoms with Gasteiger partial charge in [-0.2, -0.15) is 0 Å². The largest absolute Gasteiger partial charge is 0.497 e. The summed E-state index contributed by atoms with van der Waals surface area (Å²) in [4.78, 5) is 10.7. The summed E-state index contributed by atoms with van der Waals surface area (Å²) >= 11 is 0. The van der Waals surface area contributed by atoms with E-state index in [1.807, 2.05) is 19.1 Å². The van der Waals surface area contributed by atoms with Crippen molar-refractivity contribution in [3.05, 3.63) is 52.9 Å². The summed E-state index contributed by atoms with van der Waals surface area (Å²) in [6.45, 7) is 1.94. The van der Waals surface area contributed by atoms with Gasteiger partial charge in [-0.05, 0) is 41.9 Å². The Labute approximate surface area is 105 Å². The topological polar surface area (TPSA) is 47.9 Å². The normalized spacial score (nSPS) is 9.89. The van der Waals surface area contributed by atoms with Crippen LogP contribution in [0.25, 0.3) is 0 Å². The van der Waals surface area contributed by atoms with Crippen molar-refractivity contribution in [3.8, 4) is 17.2 Å². The van der Waals surface area contributed by atoms with Crippen LogP contribution in [0.4, 0.5) is 5.69 Å². The van der Waals surface area contributed by atoms with Gasteiger partial charge in [0, 0.05) is 6.07 Å². The Kier molecular flexibility index (Phi) is 3.57. The summed E-state index contributed by atoms with van der Waals surface area (Å²) in [6, 6.07) is 12.4. The molecule has 2 aromatic carbocycles. The van der Waals surface area contributed by atoms with E-state index >= 15 is 0 Å². The first-order chi connectivity index (χ1) is 8.72. The Morgan fingerprint density at radius 2 is 1.78 bits per heavy atom. The molecule has 0 bridgehead atoms. The lowest BCUT2D eigenvalue weighted by Crippen LogP contribution is -1.88. The third-order valence-corrected chi connectivity index (χ3v) is 2.45. The zero-order chi connectivity index (χ0) is 13.0. The Balaban J connectivity index is 2.33. The van der Waals surface area contributed by atoms with Crippen molar-refractivity contribution in [2.24, 2.45) is 5.18 Å². The molecule has 0 N–H and O–H groups in total. The fourth-order valence-corrected chi connectivity index (χ4v) is 1.64. The molecule has 0 atom stereocenters. The molecule has 0 saturated heterocycles. The molecule has 2 rings (SSSR count). The van der Waals surface area contributed by atoms with E-state index < -0.39 is 0 Å². The number of methoxy groups -OCH3 is 1. The Morgan fingerprint density at radius 3 is 2.50 bits per heavy atom. The summed E-state index contributed by atoms with van der Waals surface area (Å²) in [5.41, 5.74) is 1.29. The van der Waals surface area contributed by atoms with Crippen LogP contribution in [0.15, 0.2) is 47.6 Å². The van der Waals surface area contributed by atoms with E-state index in [4.69, 9.17) is 9.47 Å². The van der Waals surface area contributed by atoms with Crippen molar-refractivity contribution in [2.75, 3.05) is 7.11 Å². The monoisotopic (exact) mass is 243 g/mol. The number of nitrogens with zero attached hydrogens (tertiary/aromatic N) is 1. The van der Waals surface area contributed by atoms with E-state index in [9.17, 15) is 4.91 Å². The van der Waals surface area contributed by atoms with Gasteiger partial charge in [-0.1, -0.05) is 12.1 Å². The average Bonchev–Trinajstić information content (AvgIpc) is 2.38. The van der Waals surface area contributed by atoms with Crippen molar-refractivity contribution >= 4 is 5.69 Å². The lowest BCUT2D eigenvalue weighted by Gasteiger charge is -2.09. The molecule has 0 aliphatic rings. The van der Waals surface area contributed by atoms with Gasteiger partial charge in [0.2, 0.25) is 0 Å². The quantitative estimate of drug-likeness (QED) is 0.756. The second-order valence-corrected chi connectivity index (χ2v) is 3.85. The van der Waals surface area contributed by atoms with E-state index in [0.29, 0.717) is 17.2 Å². The molecule has 2 aromatic rings. The summed E-state index contributed by atoms with van der Waals surface area (Å²) in [5, 5.41) is 2.93. The lowest BCUT2D eigenvalue weighted by atomic mass is 10.2. The molecule has 0 unspecified atom stereocenters. The fourth-order valence-electron chi connectivity index (χ4n) is 1.64. The third kappa shape index (κ3) is 2.66. The number of aryl methyl sites for hydroxylation is 1. The minimum Gasteiger partial charge on any atom is -0.497 e. The van der Waals surface area contributed by atoms with Crippen molar-refractivity contribution < 1.29 is 9.47 Å². The first kappa shape index (κ1) is 12.1. The van der Waals surface area contributed by atoms with Crippen LogP contribution in [0, 0.1) is 11.8 Å². The van der Waals surface area contributed by atoms with Gasteiger partial charge >= 0.3 is 0 Å². The van der Waals surface area contributed by atoms with Crippen molar-refractivity contribution in [2.45, 2.75) is 6.92 Å². The van der Waals surface area contributed by atoms with E-state index in [0.717, 1.165) is 5.56 Å². The highest BCUT2D eigenvalue weighted by atomic mass is 16.5. The average molecular weight is 243 g/mol.